The van der Waals surface area contributed by atoms with Gasteiger partial charge in [-0.25, -0.2) is 0 Å². The van der Waals surface area contributed by atoms with Crippen LogP contribution in [0.5, 0.6) is 0 Å². The standard InChI is InChI=1S/C13H27N3O.HI/c1-4-13(17,5-2)10-15-12(14)16-8-6-7-11(3)9-16;/h11,17H,4-10H2,1-3H3,(H2,14,15);1H. The lowest BCUT2D eigenvalue weighted by atomic mass is 9.98. The first-order valence-electron chi connectivity index (χ1n) is 6.78. The highest BCUT2D eigenvalue weighted by atomic mass is 127. The minimum atomic E-state index is -0.688. The molecular formula is C13H28IN3O. The monoisotopic (exact) mass is 369 g/mol. The molecule has 0 aromatic heterocycles. The second kappa shape index (κ2) is 8.19. The Morgan fingerprint density at radius 3 is 2.56 bits per heavy atom. The second-order valence-corrected chi connectivity index (χ2v) is 5.30. The highest BCUT2D eigenvalue weighted by Gasteiger charge is 2.23. The fourth-order valence-electron chi connectivity index (χ4n) is 2.20. The molecule has 1 fully saturated rings. The SMILES string of the molecule is CCC(O)(CC)CN=C(N)N1CCCC(C)C1.I. The molecule has 18 heavy (non-hydrogen) atoms. The van der Waals surface area contributed by atoms with Crippen molar-refractivity contribution >= 4 is 29.9 Å². The second-order valence-electron chi connectivity index (χ2n) is 5.30. The van der Waals surface area contributed by atoms with Crippen LogP contribution in [-0.2, 0) is 0 Å². The Hall–Kier alpha value is -0.0400. The van der Waals surface area contributed by atoms with Crippen LogP contribution < -0.4 is 5.73 Å². The van der Waals surface area contributed by atoms with Gasteiger partial charge in [-0.3, -0.25) is 4.99 Å². The van der Waals surface area contributed by atoms with Crippen molar-refractivity contribution < 1.29 is 5.11 Å². The van der Waals surface area contributed by atoms with Gasteiger partial charge in [0.15, 0.2) is 5.96 Å². The Morgan fingerprint density at radius 2 is 2.06 bits per heavy atom. The maximum absolute atomic E-state index is 10.1. The Bertz CT molecular complexity index is 267. The maximum Gasteiger partial charge on any atom is 0.191 e. The zero-order chi connectivity index (χ0) is 12.9. The number of nitrogens with zero attached hydrogens (tertiary/aromatic N) is 2. The lowest BCUT2D eigenvalue weighted by Crippen LogP contribution is -2.44. The van der Waals surface area contributed by atoms with Crippen LogP contribution >= 0.6 is 24.0 Å². The molecule has 1 aliphatic heterocycles. The van der Waals surface area contributed by atoms with Gasteiger partial charge in [-0.2, -0.15) is 0 Å². The fraction of sp³-hybridized carbons (Fsp3) is 0.923. The zero-order valence-electron chi connectivity index (χ0n) is 11.9. The number of hydrogen-bond acceptors (Lipinski definition) is 2. The lowest BCUT2D eigenvalue weighted by molar-refractivity contribution is 0.0415. The van der Waals surface area contributed by atoms with Crippen molar-refractivity contribution in [3.63, 3.8) is 0 Å². The first-order valence-corrected chi connectivity index (χ1v) is 6.78. The van der Waals surface area contributed by atoms with Crippen LogP contribution in [0.4, 0.5) is 0 Å². The van der Waals surface area contributed by atoms with E-state index >= 15 is 0 Å². The van der Waals surface area contributed by atoms with Gasteiger partial charge in [0.1, 0.15) is 0 Å². The number of guanidine groups is 1. The molecule has 1 atom stereocenters. The smallest absolute Gasteiger partial charge is 0.191 e. The fourth-order valence-corrected chi connectivity index (χ4v) is 2.20. The molecule has 1 aliphatic rings. The summed E-state index contributed by atoms with van der Waals surface area (Å²) in [6.07, 6.45) is 3.90. The quantitative estimate of drug-likeness (QED) is 0.454. The molecule has 1 unspecified atom stereocenters. The summed E-state index contributed by atoms with van der Waals surface area (Å²) >= 11 is 0. The van der Waals surface area contributed by atoms with E-state index in [1.807, 2.05) is 13.8 Å². The molecule has 0 radical (unpaired) electrons. The molecule has 0 spiro atoms. The molecule has 0 amide bonds. The van der Waals surface area contributed by atoms with Crippen LogP contribution in [-0.4, -0.2) is 41.2 Å². The van der Waals surface area contributed by atoms with E-state index in [1.54, 1.807) is 0 Å². The Morgan fingerprint density at radius 1 is 1.44 bits per heavy atom. The lowest BCUT2D eigenvalue weighted by Gasteiger charge is -2.32. The van der Waals surface area contributed by atoms with Crippen LogP contribution in [0.2, 0.25) is 0 Å². The number of aliphatic hydroxyl groups is 1. The van der Waals surface area contributed by atoms with Crippen molar-refractivity contribution in [3.05, 3.63) is 0 Å². The average molecular weight is 369 g/mol. The van der Waals surface area contributed by atoms with E-state index in [4.69, 9.17) is 5.73 Å². The summed E-state index contributed by atoms with van der Waals surface area (Å²) in [5.41, 5.74) is 5.30. The molecule has 1 heterocycles. The Kier molecular flexibility index (Phi) is 8.18. The summed E-state index contributed by atoms with van der Waals surface area (Å²) in [5, 5.41) is 10.1. The maximum atomic E-state index is 10.1. The predicted molar refractivity (Wildman–Crippen MR) is 87.4 cm³/mol. The van der Waals surface area contributed by atoms with Gasteiger partial charge in [0.25, 0.3) is 0 Å². The summed E-state index contributed by atoms with van der Waals surface area (Å²) in [5.74, 6) is 1.28. The van der Waals surface area contributed by atoms with Crippen LogP contribution in [0, 0.1) is 5.92 Å². The number of likely N-dealkylation sites (tertiary alicyclic amines) is 1. The molecular weight excluding hydrogens is 341 g/mol. The van der Waals surface area contributed by atoms with Crippen LogP contribution in [0.15, 0.2) is 4.99 Å². The number of piperidine rings is 1. The molecule has 108 valence electrons. The summed E-state index contributed by atoms with van der Waals surface area (Å²) in [6.45, 7) is 8.61. The number of halogens is 1. The van der Waals surface area contributed by atoms with Crippen LogP contribution in [0.25, 0.3) is 0 Å². The molecule has 0 saturated carbocycles. The van der Waals surface area contributed by atoms with Gasteiger partial charge in [0.05, 0.1) is 12.1 Å². The van der Waals surface area contributed by atoms with Crippen molar-refractivity contribution in [2.75, 3.05) is 19.6 Å². The molecule has 0 bridgehead atoms. The zero-order valence-corrected chi connectivity index (χ0v) is 14.2. The van der Waals surface area contributed by atoms with E-state index in [0.717, 1.165) is 25.9 Å². The van der Waals surface area contributed by atoms with Crippen molar-refractivity contribution in [2.24, 2.45) is 16.6 Å². The topological polar surface area (TPSA) is 61.9 Å². The van der Waals surface area contributed by atoms with Gasteiger partial charge in [-0.1, -0.05) is 20.8 Å². The molecule has 0 aromatic rings. The third-order valence-electron chi connectivity index (χ3n) is 3.83. The third kappa shape index (κ3) is 5.30. The van der Waals surface area contributed by atoms with Gasteiger partial charge >= 0.3 is 0 Å². The number of hydrogen-bond donors (Lipinski definition) is 2. The van der Waals surface area contributed by atoms with Gasteiger partial charge < -0.3 is 15.7 Å². The highest BCUT2D eigenvalue weighted by Crippen LogP contribution is 2.17. The van der Waals surface area contributed by atoms with E-state index in [0.29, 0.717) is 18.4 Å². The minimum absolute atomic E-state index is 0. The summed E-state index contributed by atoms with van der Waals surface area (Å²) in [7, 11) is 0. The molecule has 3 N–H and O–H groups in total. The van der Waals surface area contributed by atoms with Gasteiger partial charge in [-0.15, -0.1) is 24.0 Å². The third-order valence-corrected chi connectivity index (χ3v) is 3.83. The number of aliphatic imine (C=N–C) groups is 1. The number of rotatable bonds is 4. The average Bonchev–Trinajstić information content (AvgIpc) is 2.35. The van der Waals surface area contributed by atoms with E-state index in [1.165, 1.54) is 12.8 Å². The Labute approximate surface area is 128 Å². The molecule has 1 saturated heterocycles. The summed E-state index contributed by atoms with van der Waals surface area (Å²) < 4.78 is 0. The van der Waals surface area contributed by atoms with Crippen molar-refractivity contribution in [1.29, 1.82) is 0 Å². The van der Waals surface area contributed by atoms with Gasteiger partial charge in [0, 0.05) is 13.1 Å². The van der Waals surface area contributed by atoms with E-state index < -0.39 is 5.60 Å². The Balaban J connectivity index is 0.00000289. The number of nitrogens with two attached hydrogens (primary N) is 1. The van der Waals surface area contributed by atoms with E-state index in [-0.39, 0.29) is 24.0 Å². The molecule has 4 nitrogen and oxygen atoms in total. The minimum Gasteiger partial charge on any atom is -0.388 e. The van der Waals surface area contributed by atoms with Gasteiger partial charge in [-0.05, 0) is 31.6 Å². The largest absolute Gasteiger partial charge is 0.388 e. The van der Waals surface area contributed by atoms with E-state index in [9.17, 15) is 5.11 Å². The first-order chi connectivity index (χ1) is 8.00. The van der Waals surface area contributed by atoms with Crippen molar-refractivity contribution in [2.45, 2.75) is 52.1 Å². The molecule has 1 rings (SSSR count). The normalized spacial score (nSPS) is 21.7. The highest BCUT2D eigenvalue weighted by molar-refractivity contribution is 14.0. The van der Waals surface area contributed by atoms with Crippen molar-refractivity contribution in [3.8, 4) is 0 Å². The first kappa shape index (κ1) is 18.0. The summed E-state index contributed by atoms with van der Waals surface area (Å²) in [6, 6.07) is 0. The van der Waals surface area contributed by atoms with Crippen LogP contribution in [0.3, 0.4) is 0 Å². The molecule has 0 aromatic carbocycles. The van der Waals surface area contributed by atoms with Gasteiger partial charge in [0.2, 0.25) is 0 Å². The molecule has 0 aliphatic carbocycles. The van der Waals surface area contributed by atoms with E-state index in [2.05, 4.69) is 16.8 Å². The van der Waals surface area contributed by atoms with Crippen LogP contribution in [0.1, 0.15) is 46.5 Å². The molecule has 5 heteroatoms. The predicted octanol–water partition coefficient (Wildman–Crippen LogP) is 2.20. The van der Waals surface area contributed by atoms with Crippen molar-refractivity contribution in [1.82, 2.24) is 4.90 Å². The summed E-state index contributed by atoms with van der Waals surface area (Å²) in [4.78, 5) is 6.51.